The van der Waals surface area contributed by atoms with Crippen molar-refractivity contribution in [2.24, 2.45) is 5.41 Å². The molecule has 0 radical (unpaired) electrons. The van der Waals surface area contributed by atoms with Gasteiger partial charge in [0.15, 0.2) is 0 Å². The van der Waals surface area contributed by atoms with Gasteiger partial charge < -0.3 is 4.74 Å². The molecule has 2 rings (SSSR count). The van der Waals surface area contributed by atoms with Crippen LogP contribution >= 0.6 is 17.2 Å². The standard InChI is InChI=1S/C21H33O2PS/c1-18(22)21(15-9-17-23-2)14-8-10-19(13-16-21)24(3)25(4)20-11-6-5-7-12-20/h5-7,11-12,19H,4,8-10,13-17H2,1-3H3. The number of ether oxygens (including phenoxy) is 1. The fourth-order valence-corrected chi connectivity index (χ4v) is 9.29. The third-order valence-corrected chi connectivity index (χ3v) is 12.4. The summed E-state index contributed by atoms with van der Waals surface area (Å²) in [6.45, 7) is 4.99. The average molecular weight is 381 g/mol. The lowest BCUT2D eigenvalue weighted by atomic mass is 9.73. The van der Waals surface area contributed by atoms with Crippen LogP contribution < -0.4 is 0 Å². The first kappa shape index (κ1) is 20.8. The number of methoxy groups -OCH3 is 1. The lowest BCUT2D eigenvalue weighted by molar-refractivity contribution is -0.128. The van der Waals surface area contributed by atoms with Gasteiger partial charge in [-0.1, -0.05) is 30.5 Å². The van der Waals surface area contributed by atoms with Gasteiger partial charge in [-0.3, -0.25) is 4.79 Å². The van der Waals surface area contributed by atoms with Crippen LogP contribution in [0.25, 0.3) is 0 Å². The Morgan fingerprint density at radius 2 is 2.04 bits per heavy atom. The van der Waals surface area contributed by atoms with Crippen LogP contribution in [-0.4, -0.2) is 37.7 Å². The first-order valence-electron chi connectivity index (χ1n) is 9.32. The van der Waals surface area contributed by atoms with Crippen molar-refractivity contribution in [3.8, 4) is 0 Å². The Morgan fingerprint density at radius 1 is 1.32 bits per heavy atom. The van der Waals surface area contributed by atoms with Crippen molar-refractivity contribution in [2.45, 2.75) is 62.4 Å². The summed E-state index contributed by atoms with van der Waals surface area (Å²) in [6.07, 6.45) is 7.70. The molecule has 4 unspecified atom stereocenters. The number of Topliss-reactive ketones (excluding diaryl/α,β-unsaturated/α-hetero) is 1. The van der Waals surface area contributed by atoms with Gasteiger partial charge in [0.1, 0.15) is 5.78 Å². The van der Waals surface area contributed by atoms with E-state index >= 15 is 0 Å². The van der Waals surface area contributed by atoms with Gasteiger partial charge in [-0.15, -0.1) is 10.1 Å². The SMILES string of the molecule is C=S(c1ccccc1)P(C)C1CCCC(CCCOC)(C(C)=O)CC1. The minimum atomic E-state index is -0.149. The lowest BCUT2D eigenvalue weighted by Gasteiger charge is -2.31. The molecule has 0 heterocycles. The zero-order chi connectivity index (χ0) is 18.3. The van der Waals surface area contributed by atoms with E-state index in [2.05, 4.69) is 42.9 Å². The molecule has 0 amide bonds. The predicted octanol–water partition coefficient (Wildman–Crippen LogP) is 6.11. The Labute approximate surface area is 157 Å². The van der Waals surface area contributed by atoms with Crippen molar-refractivity contribution < 1.29 is 9.53 Å². The summed E-state index contributed by atoms with van der Waals surface area (Å²) in [5.41, 5.74) is 0.635. The van der Waals surface area contributed by atoms with Crippen molar-refractivity contribution in [2.75, 3.05) is 20.4 Å². The molecular weight excluding hydrogens is 347 g/mol. The topological polar surface area (TPSA) is 26.3 Å². The zero-order valence-electron chi connectivity index (χ0n) is 16.0. The molecule has 0 N–H and O–H groups in total. The number of rotatable bonds is 8. The van der Waals surface area contributed by atoms with Crippen LogP contribution in [0, 0.1) is 5.41 Å². The largest absolute Gasteiger partial charge is 0.385 e. The molecule has 140 valence electrons. The Kier molecular flexibility index (Phi) is 8.32. The Bertz CT molecular complexity index is 575. The third kappa shape index (κ3) is 5.49. The first-order chi connectivity index (χ1) is 12.0. The second-order valence-corrected chi connectivity index (χ2v) is 13.3. The molecule has 0 spiro atoms. The molecule has 4 atom stereocenters. The van der Waals surface area contributed by atoms with Gasteiger partial charge in [0, 0.05) is 24.0 Å². The van der Waals surface area contributed by atoms with Gasteiger partial charge >= 0.3 is 0 Å². The summed E-state index contributed by atoms with van der Waals surface area (Å²) < 4.78 is 5.21. The molecule has 0 bridgehead atoms. The number of hydrogen-bond acceptors (Lipinski definition) is 2. The minimum Gasteiger partial charge on any atom is -0.385 e. The van der Waals surface area contributed by atoms with Crippen LogP contribution in [0.4, 0.5) is 0 Å². The maximum absolute atomic E-state index is 12.5. The summed E-state index contributed by atoms with van der Waals surface area (Å²) in [4.78, 5) is 13.8. The number of ketones is 1. The second kappa shape index (κ2) is 10.00. The van der Waals surface area contributed by atoms with Crippen molar-refractivity contribution >= 4 is 28.9 Å². The van der Waals surface area contributed by atoms with E-state index in [1.807, 2.05) is 0 Å². The van der Waals surface area contributed by atoms with Crippen LogP contribution in [0.3, 0.4) is 0 Å². The summed E-state index contributed by atoms with van der Waals surface area (Å²) in [5.74, 6) is 4.91. The Balaban J connectivity index is 2.03. The van der Waals surface area contributed by atoms with E-state index in [0.717, 1.165) is 37.9 Å². The summed E-state index contributed by atoms with van der Waals surface area (Å²) >= 11 is 0. The van der Waals surface area contributed by atoms with Gasteiger partial charge in [0.05, 0.1) is 0 Å². The van der Waals surface area contributed by atoms with Gasteiger partial charge in [-0.2, -0.15) is 0 Å². The lowest BCUT2D eigenvalue weighted by Crippen LogP contribution is -2.29. The molecule has 2 nitrogen and oxygen atoms in total. The van der Waals surface area contributed by atoms with Gasteiger partial charge in [-0.25, -0.2) is 0 Å². The molecule has 25 heavy (non-hydrogen) atoms. The van der Waals surface area contributed by atoms with E-state index in [1.54, 1.807) is 14.0 Å². The Morgan fingerprint density at radius 3 is 2.68 bits per heavy atom. The number of carbonyl (C=O) groups is 1. The molecule has 1 fully saturated rings. The number of carbonyl (C=O) groups excluding carboxylic acids is 1. The van der Waals surface area contributed by atoms with Crippen molar-refractivity contribution in [3.05, 3.63) is 30.3 Å². The molecule has 1 aromatic rings. The highest BCUT2D eigenvalue weighted by Gasteiger charge is 2.38. The van der Waals surface area contributed by atoms with Crippen molar-refractivity contribution in [1.29, 1.82) is 0 Å². The summed E-state index contributed by atoms with van der Waals surface area (Å²) in [7, 11) is 1.68. The molecule has 1 aliphatic carbocycles. The van der Waals surface area contributed by atoms with E-state index in [4.69, 9.17) is 4.74 Å². The highest BCUT2D eigenvalue weighted by atomic mass is 32.7. The minimum absolute atomic E-state index is 0.0842. The maximum Gasteiger partial charge on any atom is 0.135 e. The zero-order valence-corrected chi connectivity index (χ0v) is 17.7. The van der Waals surface area contributed by atoms with Crippen LogP contribution in [0.15, 0.2) is 35.2 Å². The highest BCUT2D eigenvalue weighted by Crippen LogP contribution is 2.62. The molecule has 1 aliphatic rings. The maximum atomic E-state index is 12.5. The van der Waals surface area contributed by atoms with Crippen LogP contribution in [0.5, 0.6) is 0 Å². The Hall–Kier alpha value is -0.500. The van der Waals surface area contributed by atoms with E-state index in [1.165, 1.54) is 24.2 Å². The molecule has 1 aromatic carbocycles. The fraction of sp³-hybridized carbons (Fsp3) is 0.619. The quantitative estimate of drug-likeness (QED) is 0.235. The molecule has 0 aromatic heterocycles. The van der Waals surface area contributed by atoms with Crippen molar-refractivity contribution in [3.63, 3.8) is 0 Å². The second-order valence-electron chi connectivity index (χ2n) is 7.24. The smallest absolute Gasteiger partial charge is 0.135 e. The molecule has 4 heteroatoms. The highest BCUT2D eigenvalue weighted by molar-refractivity contribution is 8.64. The van der Waals surface area contributed by atoms with Crippen molar-refractivity contribution in [1.82, 2.24) is 0 Å². The van der Waals surface area contributed by atoms with Crippen LogP contribution in [0.2, 0.25) is 0 Å². The van der Waals surface area contributed by atoms with E-state index in [9.17, 15) is 4.79 Å². The third-order valence-electron chi connectivity index (χ3n) is 5.78. The predicted molar refractivity (Wildman–Crippen MR) is 113 cm³/mol. The van der Waals surface area contributed by atoms with E-state index < -0.39 is 0 Å². The van der Waals surface area contributed by atoms with E-state index in [0.29, 0.717) is 5.78 Å². The fourth-order valence-electron chi connectivity index (χ4n) is 4.01. The van der Waals surface area contributed by atoms with Crippen LogP contribution in [0.1, 0.15) is 51.9 Å². The molecular formula is C21H33O2PS. The van der Waals surface area contributed by atoms with Gasteiger partial charge in [-0.05, 0) is 77.0 Å². The average Bonchev–Trinajstić information content (AvgIpc) is 2.85. The van der Waals surface area contributed by atoms with Crippen LogP contribution in [-0.2, 0) is 9.53 Å². The normalized spacial score (nSPS) is 26.6. The summed E-state index contributed by atoms with van der Waals surface area (Å²) in [5, 5.41) is 0. The number of hydrogen-bond donors (Lipinski definition) is 0. The molecule has 0 aliphatic heterocycles. The van der Waals surface area contributed by atoms with Gasteiger partial charge in [0.25, 0.3) is 0 Å². The first-order valence-corrected chi connectivity index (χ1v) is 13.2. The molecule has 1 saturated carbocycles. The number of benzene rings is 1. The van der Waals surface area contributed by atoms with E-state index in [-0.39, 0.29) is 22.6 Å². The monoisotopic (exact) mass is 380 g/mol. The summed E-state index contributed by atoms with van der Waals surface area (Å²) in [6, 6.07) is 10.7. The van der Waals surface area contributed by atoms with Gasteiger partial charge in [0.2, 0.25) is 0 Å². The molecule has 0 saturated heterocycles.